The molecule has 0 spiro atoms. The summed E-state index contributed by atoms with van der Waals surface area (Å²) < 4.78 is 19.0. The summed E-state index contributed by atoms with van der Waals surface area (Å²) in [5, 5.41) is 7.33. The van der Waals surface area contributed by atoms with Crippen molar-refractivity contribution in [3.05, 3.63) is 40.6 Å². The van der Waals surface area contributed by atoms with Gasteiger partial charge < -0.3 is 20.3 Å². The van der Waals surface area contributed by atoms with Crippen LogP contribution < -0.4 is 15.5 Å². The Kier molecular flexibility index (Phi) is 8.33. The van der Waals surface area contributed by atoms with Crippen LogP contribution in [0.25, 0.3) is 0 Å². The molecule has 8 nitrogen and oxygen atoms in total. The molecule has 2 heterocycles. The Bertz CT molecular complexity index is 922. The second-order valence-corrected chi connectivity index (χ2v) is 8.20. The molecule has 11 heteroatoms. The van der Waals surface area contributed by atoms with Gasteiger partial charge in [0, 0.05) is 43.3 Å². The Labute approximate surface area is 187 Å². The lowest BCUT2D eigenvalue weighted by Gasteiger charge is -2.23. The minimum atomic E-state index is -0.636. The molecule has 1 fully saturated rings. The molecule has 0 aliphatic carbocycles. The van der Waals surface area contributed by atoms with E-state index >= 15 is 0 Å². The highest BCUT2D eigenvalue weighted by atomic mass is 35.5. The van der Waals surface area contributed by atoms with E-state index in [0.717, 1.165) is 18.9 Å². The predicted octanol–water partition coefficient (Wildman–Crippen LogP) is 2.98. The van der Waals surface area contributed by atoms with Gasteiger partial charge in [-0.1, -0.05) is 11.6 Å². The molecule has 2 N–H and O–H groups in total. The number of benzene rings is 1. The molecule has 1 aromatic carbocycles. The Morgan fingerprint density at radius 1 is 1.29 bits per heavy atom. The summed E-state index contributed by atoms with van der Waals surface area (Å²) in [5.74, 6) is -1.87. The third-order valence-corrected chi connectivity index (χ3v) is 5.59. The number of aromatic nitrogens is 1. The van der Waals surface area contributed by atoms with Crippen molar-refractivity contribution >= 4 is 51.5 Å². The number of hydrogen-bond donors (Lipinski definition) is 2. The van der Waals surface area contributed by atoms with Crippen molar-refractivity contribution in [3.8, 4) is 0 Å². The lowest BCUT2D eigenvalue weighted by atomic mass is 10.2. The van der Waals surface area contributed by atoms with Crippen LogP contribution in [0.4, 0.5) is 15.2 Å². The highest BCUT2D eigenvalue weighted by Crippen LogP contribution is 2.23. The number of nitrogens with zero attached hydrogens (tertiary/aromatic N) is 2. The first-order valence-corrected chi connectivity index (χ1v) is 11.0. The van der Waals surface area contributed by atoms with Crippen LogP contribution >= 0.6 is 22.9 Å². The molecule has 0 radical (unpaired) electrons. The highest BCUT2D eigenvalue weighted by Gasteiger charge is 2.22. The number of thiazole rings is 1. The van der Waals surface area contributed by atoms with Crippen molar-refractivity contribution in [1.29, 1.82) is 0 Å². The fourth-order valence-electron chi connectivity index (χ4n) is 3.03. The second kappa shape index (κ2) is 11.2. The van der Waals surface area contributed by atoms with Crippen LogP contribution in [0.2, 0.25) is 5.02 Å². The Balaban J connectivity index is 1.62. The molecule has 1 atom stereocenters. The molecule has 0 bridgehead atoms. The zero-order chi connectivity index (χ0) is 22.2. The average Bonchev–Trinajstić information content (AvgIpc) is 3.45. The van der Waals surface area contributed by atoms with Gasteiger partial charge in [-0.3, -0.25) is 14.4 Å². The molecule has 0 unspecified atom stereocenters. The average molecular weight is 469 g/mol. The zero-order valence-electron chi connectivity index (χ0n) is 16.6. The Morgan fingerprint density at radius 2 is 2.13 bits per heavy atom. The van der Waals surface area contributed by atoms with Crippen molar-refractivity contribution in [2.75, 3.05) is 29.9 Å². The summed E-state index contributed by atoms with van der Waals surface area (Å²) in [6.07, 6.45) is 3.09. The van der Waals surface area contributed by atoms with Crippen LogP contribution in [-0.2, 0) is 19.1 Å². The van der Waals surface area contributed by atoms with Crippen LogP contribution in [0.15, 0.2) is 29.8 Å². The van der Waals surface area contributed by atoms with Gasteiger partial charge in [0.15, 0.2) is 5.13 Å². The summed E-state index contributed by atoms with van der Waals surface area (Å²) >= 11 is 7.12. The van der Waals surface area contributed by atoms with E-state index in [1.165, 1.54) is 28.4 Å². The number of ether oxygens (including phenoxy) is 1. The summed E-state index contributed by atoms with van der Waals surface area (Å²) in [5.41, 5.74) is 0.268. The van der Waals surface area contributed by atoms with Crippen LogP contribution in [0.1, 0.15) is 25.7 Å². The van der Waals surface area contributed by atoms with E-state index in [1.54, 1.807) is 11.6 Å². The molecule has 31 heavy (non-hydrogen) atoms. The molecule has 1 aliphatic rings. The molecule has 1 aromatic heterocycles. The van der Waals surface area contributed by atoms with Gasteiger partial charge in [0.25, 0.3) is 0 Å². The van der Waals surface area contributed by atoms with E-state index in [9.17, 15) is 18.8 Å². The minimum Gasteiger partial charge on any atom is -0.376 e. The molecular weight excluding hydrogens is 447 g/mol. The van der Waals surface area contributed by atoms with Gasteiger partial charge in [0.05, 0.1) is 11.1 Å². The van der Waals surface area contributed by atoms with Crippen molar-refractivity contribution in [2.24, 2.45) is 0 Å². The molecule has 1 aliphatic heterocycles. The smallest absolute Gasteiger partial charge is 0.240 e. The lowest BCUT2D eigenvalue weighted by molar-refractivity contribution is -0.125. The third kappa shape index (κ3) is 6.98. The summed E-state index contributed by atoms with van der Waals surface area (Å²) in [6.45, 7) is 0.727. The number of amides is 3. The normalized spacial score (nSPS) is 15.5. The highest BCUT2D eigenvalue weighted by molar-refractivity contribution is 7.13. The largest absolute Gasteiger partial charge is 0.376 e. The molecule has 1 saturated heterocycles. The van der Waals surface area contributed by atoms with E-state index < -0.39 is 17.6 Å². The molecule has 2 aromatic rings. The van der Waals surface area contributed by atoms with Gasteiger partial charge in [-0.05, 0) is 31.0 Å². The van der Waals surface area contributed by atoms with Crippen LogP contribution in [0.3, 0.4) is 0 Å². The maximum Gasteiger partial charge on any atom is 0.240 e. The third-order valence-electron chi connectivity index (χ3n) is 4.61. The van der Waals surface area contributed by atoms with E-state index in [2.05, 4.69) is 15.6 Å². The van der Waals surface area contributed by atoms with Gasteiger partial charge in [0.2, 0.25) is 17.7 Å². The van der Waals surface area contributed by atoms with Gasteiger partial charge in [-0.15, -0.1) is 11.3 Å². The first kappa shape index (κ1) is 23.1. The van der Waals surface area contributed by atoms with Gasteiger partial charge >= 0.3 is 0 Å². The zero-order valence-corrected chi connectivity index (χ0v) is 18.2. The molecule has 3 rings (SSSR count). The monoisotopic (exact) mass is 468 g/mol. The Morgan fingerprint density at radius 3 is 2.81 bits per heavy atom. The number of carbonyl (C=O) groups excluding carboxylic acids is 3. The minimum absolute atomic E-state index is 0.0390. The molecular formula is C20H22ClFN4O4S. The number of nitrogens with one attached hydrogen (secondary N) is 2. The van der Waals surface area contributed by atoms with E-state index in [0.29, 0.717) is 18.3 Å². The SMILES string of the molecule is O=C(CN(C(=O)CCC(=O)Nc1nccs1)c1ccc(F)c(Cl)c1)NC[C@H]1CCCO1. The van der Waals surface area contributed by atoms with E-state index in [-0.39, 0.29) is 42.1 Å². The molecule has 0 saturated carbocycles. The summed E-state index contributed by atoms with van der Waals surface area (Å²) in [6, 6.07) is 3.76. The number of carbonyl (C=O) groups is 3. The Hall–Kier alpha value is -2.56. The summed E-state index contributed by atoms with van der Waals surface area (Å²) in [7, 11) is 0. The second-order valence-electron chi connectivity index (χ2n) is 6.90. The fourth-order valence-corrected chi connectivity index (χ4v) is 3.75. The maximum absolute atomic E-state index is 13.6. The number of anilines is 2. The first-order chi connectivity index (χ1) is 14.9. The van der Waals surface area contributed by atoms with Crippen molar-refractivity contribution in [3.63, 3.8) is 0 Å². The molecule has 3 amide bonds. The van der Waals surface area contributed by atoms with Crippen LogP contribution in [-0.4, -0.2) is 48.5 Å². The van der Waals surface area contributed by atoms with Gasteiger partial charge in [-0.2, -0.15) is 0 Å². The lowest BCUT2D eigenvalue weighted by Crippen LogP contribution is -2.43. The van der Waals surface area contributed by atoms with E-state index in [1.807, 2.05) is 0 Å². The number of halogens is 2. The van der Waals surface area contributed by atoms with Crippen LogP contribution in [0, 0.1) is 5.82 Å². The predicted molar refractivity (Wildman–Crippen MR) is 116 cm³/mol. The topological polar surface area (TPSA) is 101 Å². The van der Waals surface area contributed by atoms with Crippen LogP contribution in [0.5, 0.6) is 0 Å². The number of rotatable bonds is 9. The summed E-state index contributed by atoms with van der Waals surface area (Å²) in [4.78, 5) is 42.5. The first-order valence-electron chi connectivity index (χ1n) is 9.75. The van der Waals surface area contributed by atoms with Gasteiger partial charge in [0.1, 0.15) is 12.4 Å². The number of hydrogen-bond acceptors (Lipinski definition) is 6. The fraction of sp³-hybridized carbons (Fsp3) is 0.400. The standard InChI is InChI=1S/C20H22ClFN4O4S/c21-15-10-13(3-4-16(15)22)26(12-18(28)24-11-14-2-1-8-30-14)19(29)6-5-17(27)25-20-23-7-9-31-20/h3-4,7,9-10,14H,1-2,5-6,8,11-12H2,(H,24,28)(H,23,25,27)/t14-/m1/s1. The van der Waals surface area contributed by atoms with Crippen molar-refractivity contribution < 1.29 is 23.5 Å². The maximum atomic E-state index is 13.6. The van der Waals surface area contributed by atoms with E-state index in [4.69, 9.17) is 16.3 Å². The van der Waals surface area contributed by atoms with Crippen molar-refractivity contribution in [2.45, 2.75) is 31.8 Å². The quantitative estimate of drug-likeness (QED) is 0.589. The molecule has 166 valence electrons. The van der Waals surface area contributed by atoms with Crippen molar-refractivity contribution in [1.82, 2.24) is 10.3 Å². The van der Waals surface area contributed by atoms with Gasteiger partial charge in [-0.25, -0.2) is 9.37 Å².